The fourth-order valence-electron chi connectivity index (χ4n) is 1.75. The summed E-state index contributed by atoms with van der Waals surface area (Å²) in [5.74, 6) is 0. The Kier molecular flexibility index (Phi) is 5.43. The second-order valence-electron chi connectivity index (χ2n) is 4.84. The van der Waals surface area contributed by atoms with Gasteiger partial charge in [-0.3, -0.25) is 10.1 Å². The third-order valence-corrected chi connectivity index (χ3v) is 4.24. The smallest absolute Gasteiger partial charge is 0.258 e. The molecule has 0 aliphatic rings. The number of nitro groups is 1. The van der Waals surface area contributed by atoms with Crippen LogP contribution in [0.5, 0.6) is 0 Å². The molecule has 2 aromatic rings. The zero-order chi connectivity index (χ0) is 17.6. The van der Waals surface area contributed by atoms with E-state index in [4.69, 9.17) is 0 Å². The molecule has 0 amide bonds. The second kappa shape index (κ2) is 7.51. The zero-order valence-corrected chi connectivity index (χ0v) is 13.6. The number of allylic oxidation sites excluding steroid dienone is 1. The Hall–Kier alpha value is -3.00. The van der Waals surface area contributed by atoms with Crippen LogP contribution in [-0.2, 0) is 10.0 Å². The zero-order valence-electron chi connectivity index (χ0n) is 12.8. The minimum absolute atomic E-state index is 0.100. The number of nitrogens with one attached hydrogen (secondary N) is 1. The van der Waals surface area contributed by atoms with Crippen LogP contribution in [-0.4, -0.2) is 19.1 Å². The molecule has 0 spiro atoms. The fraction of sp³-hybridized carbons (Fsp3) is 0.0625. The van der Waals surface area contributed by atoms with E-state index in [1.54, 1.807) is 19.1 Å². The van der Waals surface area contributed by atoms with Crippen LogP contribution in [0.25, 0.3) is 6.08 Å². The van der Waals surface area contributed by atoms with Gasteiger partial charge in [0.25, 0.3) is 15.7 Å². The van der Waals surface area contributed by atoms with Crippen molar-refractivity contribution in [3.63, 3.8) is 0 Å². The van der Waals surface area contributed by atoms with Crippen molar-refractivity contribution in [2.24, 2.45) is 5.10 Å². The van der Waals surface area contributed by atoms with Crippen molar-refractivity contribution < 1.29 is 13.3 Å². The molecule has 8 heteroatoms. The average molecular weight is 345 g/mol. The van der Waals surface area contributed by atoms with Crippen molar-refractivity contribution in [3.8, 4) is 0 Å². The Balaban J connectivity index is 2.08. The highest BCUT2D eigenvalue weighted by Gasteiger charge is 2.14. The fourth-order valence-corrected chi connectivity index (χ4v) is 2.61. The maximum Gasteiger partial charge on any atom is 0.276 e. The molecular formula is C16H15N3O4S. The first-order valence-electron chi connectivity index (χ1n) is 6.92. The minimum atomic E-state index is -3.87. The number of nitrogens with zero attached hydrogens (tertiary/aromatic N) is 2. The number of hydrogen-bond acceptors (Lipinski definition) is 5. The molecule has 24 heavy (non-hydrogen) atoms. The highest BCUT2D eigenvalue weighted by Crippen LogP contribution is 2.15. The molecule has 0 bridgehead atoms. The third kappa shape index (κ3) is 4.75. The highest BCUT2D eigenvalue weighted by molar-refractivity contribution is 7.89. The number of hydrogen-bond donors (Lipinski definition) is 1. The summed E-state index contributed by atoms with van der Waals surface area (Å²) in [6.07, 6.45) is 3.48. The van der Waals surface area contributed by atoms with Gasteiger partial charge in [0, 0.05) is 12.1 Å². The molecule has 1 N–H and O–H groups in total. The number of benzene rings is 2. The molecule has 0 saturated heterocycles. The summed E-state index contributed by atoms with van der Waals surface area (Å²) in [6.45, 7) is 1.65. The van der Waals surface area contributed by atoms with E-state index in [0.717, 1.165) is 29.8 Å². The van der Waals surface area contributed by atoms with Gasteiger partial charge in [0.15, 0.2) is 0 Å². The van der Waals surface area contributed by atoms with Gasteiger partial charge >= 0.3 is 0 Å². The van der Waals surface area contributed by atoms with Crippen molar-refractivity contribution in [3.05, 3.63) is 76.4 Å². The van der Waals surface area contributed by atoms with E-state index in [0.29, 0.717) is 5.71 Å². The van der Waals surface area contributed by atoms with Crippen LogP contribution < -0.4 is 4.83 Å². The molecule has 7 nitrogen and oxygen atoms in total. The minimum Gasteiger partial charge on any atom is -0.258 e. The molecule has 2 aromatic carbocycles. The van der Waals surface area contributed by atoms with Gasteiger partial charge in [0.2, 0.25) is 0 Å². The van der Waals surface area contributed by atoms with Crippen LogP contribution in [0.1, 0.15) is 12.5 Å². The van der Waals surface area contributed by atoms with E-state index < -0.39 is 14.9 Å². The third-order valence-electron chi connectivity index (χ3n) is 3.02. The summed E-state index contributed by atoms with van der Waals surface area (Å²) in [6, 6.07) is 14.1. The Morgan fingerprint density at radius 1 is 1.12 bits per heavy atom. The lowest BCUT2D eigenvalue weighted by molar-refractivity contribution is -0.384. The monoisotopic (exact) mass is 345 g/mol. The van der Waals surface area contributed by atoms with Gasteiger partial charge in [-0.05, 0) is 30.7 Å². The predicted octanol–water partition coefficient (Wildman–Crippen LogP) is 2.96. The average Bonchev–Trinajstić information content (AvgIpc) is 2.59. The lowest BCUT2D eigenvalue weighted by Gasteiger charge is -2.03. The van der Waals surface area contributed by atoms with Crippen LogP contribution in [0.2, 0.25) is 0 Å². The van der Waals surface area contributed by atoms with Crippen LogP contribution in [0.3, 0.4) is 0 Å². The molecule has 124 valence electrons. The molecule has 0 aliphatic heterocycles. The van der Waals surface area contributed by atoms with Crippen LogP contribution in [0.4, 0.5) is 5.69 Å². The Morgan fingerprint density at radius 2 is 1.75 bits per heavy atom. The molecule has 0 aliphatic carbocycles. The number of nitro benzene ring substituents is 1. The van der Waals surface area contributed by atoms with Crippen molar-refractivity contribution >= 4 is 27.5 Å². The van der Waals surface area contributed by atoms with E-state index in [1.807, 2.05) is 30.3 Å². The Bertz CT molecular complexity index is 873. The van der Waals surface area contributed by atoms with Gasteiger partial charge in [0.05, 0.1) is 15.5 Å². The number of rotatable bonds is 6. The van der Waals surface area contributed by atoms with Crippen molar-refractivity contribution in [1.82, 2.24) is 4.83 Å². The van der Waals surface area contributed by atoms with E-state index in [-0.39, 0.29) is 10.6 Å². The largest absolute Gasteiger partial charge is 0.276 e. The Labute approximate surface area is 139 Å². The molecule has 0 aromatic heterocycles. The molecular weight excluding hydrogens is 330 g/mol. The van der Waals surface area contributed by atoms with Crippen molar-refractivity contribution in [2.45, 2.75) is 11.8 Å². The maximum atomic E-state index is 12.1. The molecule has 2 rings (SSSR count). The molecule has 0 atom stereocenters. The van der Waals surface area contributed by atoms with Gasteiger partial charge in [-0.1, -0.05) is 36.4 Å². The van der Waals surface area contributed by atoms with Gasteiger partial charge in [0.1, 0.15) is 0 Å². The second-order valence-corrected chi connectivity index (χ2v) is 6.50. The summed E-state index contributed by atoms with van der Waals surface area (Å²) < 4.78 is 24.2. The summed E-state index contributed by atoms with van der Waals surface area (Å²) in [5, 5.41) is 14.4. The quantitative estimate of drug-likeness (QED) is 0.494. The SMILES string of the molecule is CC(/C=C\c1ccccc1)=N\NS(=O)(=O)c1ccc([N+](=O)[O-])cc1. The normalized spacial score (nSPS) is 12.3. The lowest BCUT2D eigenvalue weighted by atomic mass is 10.2. The van der Waals surface area contributed by atoms with Crippen LogP contribution >= 0.6 is 0 Å². The molecule has 0 radical (unpaired) electrons. The topological polar surface area (TPSA) is 102 Å². The standard InChI is InChI=1S/C16H15N3O4S/c1-13(7-8-14-5-3-2-4-6-14)17-18-24(22,23)16-11-9-15(10-12-16)19(20)21/h2-12,18H,1H3/b8-7-,17-13+. The van der Waals surface area contributed by atoms with Gasteiger partial charge < -0.3 is 0 Å². The highest BCUT2D eigenvalue weighted by atomic mass is 32.2. The number of non-ortho nitro benzene ring substituents is 1. The van der Waals surface area contributed by atoms with E-state index in [9.17, 15) is 18.5 Å². The van der Waals surface area contributed by atoms with Crippen LogP contribution in [0, 0.1) is 10.1 Å². The Morgan fingerprint density at radius 3 is 2.33 bits per heavy atom. The van der Waals surface area contributed by atoms with E-state index >= 15 is 0 Å². The first-order valence-corrected chi connectivity index (χ1v) is 8.40. The molecule has 0 heterocycles. The van der Waals surface area contributed by atoms with E-state index in [2.05, 4.69) is 9.93 Å². The van der Waals surface area contributed by atoms with E-state index in [1.165, 1.54) is 0 Å². The van der Waals surface area contributed by atoms with Gasteiger partial charge in [-0.25, -0.2) is 0 Å². The summed E-state index contributed by atoms with van der Waals surface area (Å²) in [5.41, 5.74) is 1.24. The number of sulfonamides is 1. The molecule has 0 saturated carbocycles. The molecule has 0 fully saturated rings. The first kappa shape index (κ1) is 17.4. The number of hydrazone groups is 1. The van der Waals surface area contributed by atoms with Crippen LogP contribution in [0.15, 0.2) is 70.7 Å². The van der Waals surface area contributed by atoms with Gasteiger partial charge in [-0.2, -0.15) is 18.4 Å². The first-order chi connectivity index (χ1) is 11.4. The van der Waals surface area contributed by atoms with Crippen molar-refractivity contribution in [2.75, 3.05) is 0 Å². The molecule has 0 unspecified atom stereocenters. The van der Waals surface area contributed by atoms with Gasteiger partial charge in [-0.15, -0.1) is 0 Å². The summed E-state index contributed by atoms with van der Waals surface area (Å²) in [7, 11) is -3.87. The lowest BCUT2D eigenvalue weighted by Crippen LogP contribution is -2.19. The maximum absolute atomic E-state index is 12.1. The summed E-state index contributed by atoms with van der Waals surface area (Å²) in [4.78, 5) is 12.0. The summed E-state index contributed by atoms with van der Waals surface area (Å²) >= 11 is 0. The predicted molar refractivity (Wildman–Crippen MR) is 92.0 cm³/mol. The van der Waals surface area contributed by atoms with Crippen molar-refractivity contribution in [1.29, 1.82) is 0 Å².